The molecule has 0 bridgehead atoms. The molecule has 0 amide bonds. The zero-order chi connectivity index (χ0) is 5.70. The second-order valence-corrected chi connectivity index (χ2v) is 1.19. The third-order valence-electron chi connectivity index (χ3n) is 0.421. The molecule has 0 fully saturated rings. The first-order chi connectivity index (χ1) is 3.31. The molecule has 0 aliphatic carbocycles. The number of hydrogen-bond donors (Lipinski definition) is 2. The van der Waals surface area contributed by atoms with Crippen molar-refractivity contribution in [3.63, 3.8) is 0 Å². The average Bonchev–Trinajstić information content (AvgIpc) is 1.68. The SMILES string of the molecule is CN/C=C(/N)N=P. The van der Waals surface area contributed by atoms with Gasteiger partial charge in [-0.2, -0.15) is 0 Å². The number of nitrogens with zero attached hydrogens (tertiary/aromatic N) is 1. The molecule has 0 aliphatic heterocycles. The standard InChI is InChI=1S/C3H8N3P/c1-5-2-3(4)6-7/h2,5,7H,4H2,1H3/b3-2-. The van der Waals surface area contributed by atoms with Gasteiger partial charge in [-0.15, -0.1) is 0 Å². The summed E-state index contributed by atoms with van der Waals surface area (Å²) < 4.78 is 3.46. The van der Waals surface area contributed by atoms with Crippen LogP contribution in [0.4, 0.5) is 0 Å². The average molecular weight is 117 g/mol. The van der Waals surface area contributed by atoms with Gasteiger partial charge in [0, 0.05) is 13.2 Å². The lowest BCUT2D eigenvalue weighted by atomic mass is 10.8. The summed E-state index contributed by atoms with van der Waals surface area (Å²) in [6.07, 6.45) is 1.58. The van der Waals surface area contributed by atoms with Gasteiger partial charge >= 0.3 is 0 Å². The molecular weight excluding hydrogens is 109 g/mol. The van der Waals surface area contributed by atoms with Gasteiger partial charge in [-0.05, 0) is 9.03 Å². The van der Waals surface area contributed by atoms with Crippen LogP contribution >= 0.6 is 9.03 Å². The Hall–Kier alpha value is -0.560. The molecule has 3 nitrogen and oxygen atoms in total. The first kappa shape index (κ1) is 6.44. The summed E-state index contributed by atoms with van der Waals surface area (Å²) in [5, 5.41) is 2.71. The molecule has 4 heteroatoms. The normalized spacial score (nSPS) is 10.7. The highest BCUT2D eigenvalue weighted by Gasteiger charge is 1.72. The molecule has 0 aromatic rings. The van der Waals surface area contributed by atoms with Crippen LogP contribution in [0.15, 0.2) is 16.8 Å². The Morgan fingerprint density at radius 2 is 2.57 bits per heavy atom. The lowest BCUT2D eigenvalue weighted by Crippen LogP contribution is -2.00. The molecular formula is C3H8N3P. The monoisotopic (exact) mass is 117 g/mol. The molecule has 0 spiro atoms. The summed E-state index contributed by atoms with van der Waals surface area (Å²) in [6, 6.07) is 0. The van der Waals surface area contributed by atoms with Crippen molar-refractivity contribution in [1.82, 2.24) is 5.32 Å². The Morgan fingerprint density at radius 1 is 2.00 bits per heavy atom. The molecule has 3 N–H and O–H groups in total. The molecule has 0 radical (unpaired) electrons. The topological polar surface area (TPSA) is 50.4 Å². The van der Waals surface area contributed by atoms with Gasteiger partial charge in [-0.25, -0.2) is 4.74 Å². The van der Waals surface area contributed by atoms with E-state index in [0.29, 0.717) is 5.82 Å². The van der Waals surface area contributed by atoms with Gasteiger partial charge in [0.25, 0.3) is 0 Å². The van der Waals surface area contributed by atoms with E-state index >= 15 is 0 Å². The van der Waals surface area contributed by atoms with E-state index in [-0.39, 0.29) is 0 Å². The number of nitrogens with two attached hydrogens (primary N) is 1. The van der Waals surface area contributed by atoms with E-state index in [9.17, 15) is 0 Å². The Labute approximate surface area is 44.9 Å². The molecule has 7 heavy (non-hydrogen) atoms. The van der Waals surface area contributed by atoms with Gasteiger partial charge in [0.05, 0.1) is 0 Å². The Balaban J connectivity index is 3.49. The van der Waals surface area contributed by atoms with Crippen molar-refractivity contribution in [2.24, 2.45) is 10.5 Å². The number of hydrogen-bond acceptors (Lipinski definition) is 3. The molecule has 0 atom stereocenters. The minimum Gasteiger partial charge on any atom is -0.391 e. The van der Waals surface area contributed by atoms with Crippen molar-refractivity contribution in [1.29, 1.82) is 0 Å². The highest BCUT2D eigenvalue weighted by atomic mass is 31.0. The zero-order valence-electron chi connectivity index (χ0n) is 4.10. The lowest BCUT2D eigenvalue weighted by Gasteiger charge is -1.86. The Morgan fingerprint density at radius 3 is 2.71 bits per heavy atom. The second-order valence-electron chi connectivity index (χ2n) is 0.970. The van der Waals surface area contributed by atoms with Crippen LogP contribution in [0.1, 0.15) is 0 Å². The van der Waals surface area contributed by atoms with E-state index in [2.05, 4.69) is 19.1 Å². The Bertz CT molecular complexity index is 88.2. The van der Waals surface area contributed by atoms with E-state index < -0.39 is 0 Å². The highest BCUT2D eigenvalue weighted by molar-refractivity contribution is 7.04. The van der Waals surface area contributed by atoms with Crippen molar-refractivity contribution in [2.45, 2.75) is 0 Å². The molecule has 0 aliphatic rings. The third-order valence-corrected chi connectivity index (χ3v) is 0.680. The van der Waals surface area contributed by atoms with E-state index in [1.54, 1.807) is 13.2 Å². The molecule has 0 saturated heterocycles. The summed E-state index contributed by atoms with van der Waals surface area (Å²) in [6.45, 7) is 0. The van der Waals surface area contributed by atoms with Crippen LogP contribution < -0.4 is 11.1 Å². The van der Waals surface area contributed by atoms with E-state index in [1.807, 2.05) is 0 Å². The van der Waals surface area contributed by atoms with Gasteiger partial charge in [-0.1, -0.05) is 0 Å². The van der Waals surface area contributed by atoms with Gasteiger partial charge in [0.2, 0.25) is 0 Å². The maximum absolute atomic E-state index is 5.17. The number of nitrogens with one attached hydrogen (secondary N) is 1. The predicted molar refractivity (Wildman–Crippen MR) is 32.1 cm³/mol. The molecule has 0 heterocycles. The molecule has 0 unspecified atom stereocenters. The molecule has 0 saturated carbocycles. The maximum Gasteiger partial charge on any atom is 0.143 e. The maximum atomic E-state index is 5.17. The predicted octanol–water partition coefficient (Wildman–Crippen LogP) is 0.290. The second kappa shape index (κ2) is 3.62. The first-order valence-electron chi connectivity index (χ1n) is 1.81. The highest BCUT2D eigenvalue weighted by Crippen LogP contribution is 1.83. The van der Waals surface area contributed by atoms with Crippen molar-refractivity contribution >= 4 is 9.03 Å². The van der Waals surface area contributed by atoms with Crippen LogP contribution in [0.25, 0.3) is 0 Å². The minimum atomic E-state index is 0.430. The van der Waals surface area contributed by atoms with Gasteiger partial charge < -0.3 is 11.1 Å². The summed E-state index contributed by atoms with van der Waals surface area (Å²) in [5.41, 5.74) is 5.17. The van der Waals surface area contributed by atoms with Gasteiger partial charge in [0.1, 0.15) is 5.82 Å². The van der Waals surface area contributed by atoms with Crippen LogP contribution in [-0.2, 0) is 0 Å². The van der Waals surface area contributed by atoms with Crippen molar-refractivity contribution in [3.05, 3.63) is 12.0 Å². The molecule has 0 rings (SSSR count). The van der Waals surface area contributed by atoms with Crippen LogP contribution in [-0.4, -0.2) is 7.05 Å². The molecule has 0 aromatic carbocycles. The van der Waals surface area contributed by atoms with Crippen LogP contribution in [0.2, 0.25) is 0 Å². The summed E-state index contributed by atoms with van der Waals surface area (Å²) in [4.78, 5) is 0. The van der Waals surface area contributed by atoms with Crippen molar-refractivity contribution in [3.8, 4) is 0 Å². The van der Waals surface area contributed by atoms with Crippen LogP contribution in [0.5, 0.6) is 0 Å². The van der Waals surface area contributed by atoms with Crippen molar-refractivity contribution < 1.29 is 0 Å². The number of rotatable bonds is 2. The first-order valence-corrected chi connectivity index (χ1v) is 2.26. The molecule has 0 aromatic heterocycles. The zero-order valence-corrected chi connectivity index (χ0v) is 5.10. The summed E-state index contributed by atoms with van der Waals surface area (Å²) in [7, 11) is 4.60. The van der Waals surface area contributed by atoms with E-state index in [1.165, 1.54) is 0 Å². The van der Waals surface area contributed by atoms with E-state index in [4.69, 9.17) is 5.73 Å². The fourth-order valence-electron chi connectivity index (χ4n) is 0.180. The quantitative estimate of drug-likeness (QED) is 0.511. The smallest absolute Gasteiger partial charge is 0.143 e. The third kappa shape index (κ3) is 3.27. The van der Waals surface area contributed by atoms with Gasteiger partial charge in [-0.3, -0.25) is 0 Å². The lowest BCUT2D eigenvalue weighted by molar-refractivity contribution is 1.05. The van der Waals surface area contributed by atoms with Crippen molar-refractivity contribution in [2.75, 3.05) is 7.05 Å². The van der Waals surface area contributed by atoms with Crippen LogP contribution in [0, 0.1) is 0 Å². The van der Waals surface area contributed by atoms with E-state index in [0.717, 1.165) is 0 Å². The largest absolute Gasteiger partial charge is 0.391 e. The summed E-state index contributed by atoms with van der Waals surface area (Å²) in [5.74, 6) is 0.430. The fourth-order valence-corrected chi connectivity index (χ4v) is 0.245. The van der Waals surface area contributed by atoms with Gasteiger partial charge in [0.15, 0.2) is 0 Å². The minimum absolute atomic E-state index is 0.430. The van der Waals surface area contributed by atoms with Crippen LogP contribution in [0.3, 0.4) is 0 Å². The Kier molecular flexibility index (Phi) is 3.33. The summed E-state index contributed by atoms with van der Waals surface area (Å²) >= 11 is 0. The fraction of sp³-hybridized carbons (Fsp3) is 0.333. The molecule has 40 valence electrons.